The van der Waals surface area contributed by atoms with Crippen LogP contribution in [0.15, 0.2) is 73.3 Å². The Kier molecular flexibility index (Phi) is 8.42. The molecule has 2 aromatic rings. The van der Waals surface area contributed by atoms with E-state index >= 15 is 0 Å². The zero-order valence-corrected chi connectivity index (χ0v) is 18.5. The van der Waals surface area contributed by atoms with E-state index in [1.165, 1.54) is 0 Å². The lowest BCUT2D eigenvalue weighted by molar-refractivity contribution is -0.120. The van der Waals surface area contributed by atoms with E-state index in [9.17, 15) is 9.59 Å². The summed E-state index contributed by atoms with van der Waals surface area (Å²) in [6, 6.07) is 19.5. The highest BCUT2D eigenvalue weighted by Crippen LogP contribution is 2.20. The van der Waals surface area contributed by atoms with Gasteiger partial charge in [-0.2, -0.15) is 0 Å². The molecule has 0 unspecified atom stereocenters. The quantitative estimate of drug-likeness (QED) is 0.572. The molecule has 2 aromatic carbocycles. The number of amides is 2. The Morgan fingerprint density at radius 1 is 1.03 bits per heavy atom. The van der Waals surface area contributed by atoms with Gasteiger partial charge in [0.25, 0.3) is 5.91 Å². The number of likely N-dealkylation sites (tertiary alicyclic amines) is 1. The van der Waals surface area contributed by atoms with Crippen LogP contribution in [0.25, 0.3) is 0 Å². The monoisotopic (exact) mass is 419 g/mol. The maximum absolute atomic E-state index is 13.2. The van der Waals surface area contributed by atoms with Crippen molar-refractivity contribution in [3.8, 4) is 0 Å². The lowest BCUT2D eigenvalue weighted by atomic mass is 10.0. The van der Waals surface area contributed by atoms with Crippen LogP contribution in [0.5, 0.6) is 0 Å². The van der Waals surface area contributed by atoms with Gasteiger partial charge in [0.15, 0.2) is 0 Å². The third-order valence-electron chi connectivity index (χ3n) is 5.82. The molecule has 0 atom stereocenters. The van der Waals surface area contributed by atoms with Crippen LogP contribution in [-0.4, -0.2) is 60.4 Å². The molecule has 0 aromatic heterocycles. The molecule has 5 nitrogen and oxygen atoms in total. The zero-order valence-electron chi connectivity index (χ0n) is 18.5. The first kappa shape index (κ1) is 22.8. The van der Waals surface area contributed by atoms with Gasteiger partial charge in [-0.3, -0.25) is 14.5 Å². The fraction of sp³-hybridized carbons (Fsp3) is 0.385. The highest BCUT2D eigenvalue weighted by Gasteiger charge is 2.29. The minimum Gasteiger partial charge on any atom is -0.339 e. The van der Waals surface area contributed by atoms with E-state index < -0.39 is 0 Å². The first-order valence-corrected chi connectivity index (χ1v) is 11.2. The van der Waals surface area contributed by atoms with Gasteiger partial charge in [-0.15, -0.1) is 6.58 Å². The van der Waals surface area contributed by atoms with E-state index in [4.69, 9.17) is 0 Å². The fourth-order valence-electron chi connectivity index (χ4n) is 4.22. The van der Waals surface area contributed by atoms with E-state index in [-0.39, 0.29) is 11.8 Å². The van der Waals surface area contributed by atoms with Crippen molar-refractivity contribution in [3.63, 3.8) is 0 Å². The highest BCUT2D eigenvalue weighted by molar-refractivity contribution is 5.95. The number of rotatable bonds is 9. The molecule has 1 aliphatic rings. The zero-order chi connectivity index (χ0) is 22.1. The minimum atomic E-state index is 0.0855. The first-order valence-electron chi connectivity index (χ1n) is 11.2. The molecule has 1 fully saturated rings. The van der Waals surface area contributed by atoms with Crippen LogP contribution in [0.1, 0.15) is 36.5 Å². The number of hydrogen-bond acceptors (Lipinski definition) is 3. The maximum atomic E-state index is 13.2. The third kappa shape index (κ3) is 6.05. The second-order valence-electron chi connectivity index (χ2n) is 7.99. The summed E-state index contributed by atoms with van der Waals surface area (Å²) in [7, 11) is 0. The molecule has 3 rings (SSSR count). The summed E-state index contributed by atoms with van der Waals surface area (Å²) in [5, 5.41) is 0. The predicted octanol–water partition coefficient (Wildman–Crippen LogP) is 4.22. The number of para-hydroxylation sites is 1. The summed E-state index contributed by atoms with van der Waals surface area (Å²) in [6.45, 7) is 9.16. The van der Waals surface area contributed by atoms with Crippen molar-refractivity contribution in [1.82, 2.24) is 9.80 Å². The van der Waals surface area contributed by atoms with Gasteiger partial charge >= 0.3 is 0 Å². The Hall–Kier alpha value is -2.92. The van der Waals surface area contributed by atoms with Crippen molar-refractivity contribution in [1.29, 1.82) is 0 Å². The summed E-state index contributed by atoms with van der Waals surface area (Å²) in [4.78, 5) is 32.0. The summed E-state index contributed by atoms with van der Waals surface area (Å²) in [6.07, 6.45) is 4.53. The normalized spacial score (nSPS) is 14.5. The van der Waals surface area contributed by atoms with E-state index in [1.807, 2.05) is 65.6 Å². The van der Waals surface area contributed by atoms with Gasteiger partial charge in [0.05, 0.1) is 6.54 Å². The minimum absolute atomic E-state index is 0.0855. The Morgan fingerprint density at radius 3 is 2.23 bits per heavy atom. The van der Waals surface area contributed by atoms with Crippen LogP contribution in [0, 0.1) is 0 Å². The fourth-order valence-corrected chi connectivity index (χ4v) is 4.22. The van der Waals surface area contributed by atoms with Crippen LogP contribution < -0.4 is 4.90 Å². The van der Waals surface area contributed by atoms with Gasteiger partial charge in [-0.25, -0.2) is 0 Å². The van der Waals surface area contributed by atoms with Gasteiger partial charge < -0.3 is 9.80 Å². The van der Waals surface area contributed by atoms with Gasteiger partial charge in [-0.05, 0) is 50.1 Å². The molecule has 0 bridgehead atoms. The van der Waals surface area contributed by atoms with Gasteiger partial charge in [-0.1, -0.05) is 49.4 Å². The second-order valence-corrected chi connectivity index (χ2v) is 7.99. The average molecular weight is 420 g/mol. The highest BCUT2D eigenvalue weighted by atomic mass is 16.2. The van der Waals surface area contributed by atoms with Crippen molar-refractivity contribution in [2.75, 3.05) is 37.6 Å². The van der Waals surface area contributed by atoms with Crippen molar-refractivity contribution in [3.05, 3.63) is 78.9 Å². The van der Waals surface area contributed by atoms with Crippen molar-refractivity contribution < 1.29 is 9.59 Å². The number of nitrogens with zero attached hydrogens (tertiary/aromatic N) is 3. The summed E-state index contributed by atoms with van der Waals surface area (Å²) in [5.41, 5.74) is 1.64. The van der Waals surface area contributed by atoms with Gasteiger partial charge in [0.1, 0.15) is 0 Å². The van der Waals surface area contributed by atoms with Gasteiger partial charge in [0, 0.05) is 36.9 Å². The van der Waals surface area contributed by atoms with E-state index in [0.717, 1.165) is 50.1 Å². The molecule has 5 heteroatoms. The lowest BCUT2D eigenvalue weighted by Crippen LogP contribution is -2.50. The molecule has 0 spiro atoms. The number of anilines is 1. The molecule has 1 heterocycles. The molecule has 1 saturated heterocycles. The third-order valence-corrected chi connectivity index (χ3v) is 5.82. The Morgan fingerprint density at radius 2 is 1.65 bits per heavy atom. The molecule has 31 heavy (non-hydrogen) atoms. The number of hydrogen-bond donors (Lipinski definition) is 0. The predicted molar refractivity (Wildman–Crippen MR) is 126 cm³/mol. The number of carbonyl (C=O) groups is 2. The molecule has 0 saturated carbocycles. The molecule has 0 aliphatic carbocycles. The molecule has 164 valence electrons. The van der Waals surface area contributed by atoms with E-state index in [2.05, 4.69) is 18.4 Å². The molecule has 0 N–H and O–H groups in total. The molecule has 2 amide bonds. The Balaban J connectivity index is 1.62. The number of carbonyl (C=O) groups excluding carboxylic acids is 2. The molecular weight excluding hydrogens is 386 g/mol. The van der Waals surface area contributed by atoms with Gasteiger partial charge in [0.2, 0.25) is 5.91 Å². The molecule has 1 aliphatic heterocycles. The summed E-state index contributed by atoms with van der Waals surface area (Å²) >= 11 is 0. The maximum Gasteiger partial charge on any atom is 0.253 e. The standard InChI is InChI=1S/C26H33N3O2/c1-3-17-28(21-25(30)29(18-4-2)24-13-9-6-10-14-24)23-15-19-27(20-16-23)26(31)22-11-7-5-8-12-22/h4-14,23H,2-3,15-21H2,1H3. The smallest absolute Gasteiger partial charge is 0.253 e. The Labute approximate surface area is 186 Å². The lowest BCUT2D eigenvalue weighted by Gasteiger charge is -2.39. The van der Waals surface area contributed by atoms with Crippen LogP contribution in [-0.2, 0) is 4.79 Å². The van der Waals surface area contributed by atoms with E-state index in [0.29, 0.717) is 19.1 Å². The molecular formula is C26H33N3O2. The van der Waals surface area contributed by atoms with Crippen LogP contribution in [0.4, 0.5) is 5.69 Å². The summed E-state index contributed by atoms with van der Waals surface area (Å²) < 4.78 is 0. The van der Waals surface area contributed by atoms with E-state index in [1.54, 1.807) is 11.0 Å². The number of benzene rings is 2. The molecule has 0 radical (unpaired) electrons. The van der Waals surface area contributed by atoms with Crippen LogP contribution >= 0.6 is 0 Å². The topological polar surface area (TPSA) is 43.9 Å². The average Bonchev–Trinajstić information content (AvgIpc) is 2.83. The Bertz CT molecular complexity index is 845. The largest absolute Gasteiger partial charge is 0.339 e. The first-order chi connectivity index (χ1) is 15.1. The van der Waals surface area contributed by atoms with Crippen molar-refractivity contribution >= 4 is 17.5 Å². The summed E-state index contributed by atoms with van der Waals surface area (Å²) in [5.74, 6) is 0.181. The van der Waals surface area contributed by atoms with Crippen LogP contribution in [0.3, 0.4) is 0 Å². The number of piperidine rings is 1. The van der Waals surface area contributed by atoms with Crippen molar-refractivity contribution in [2.24, 2.45) is 0 Å². The van der Waals surface area contributed by atoms with Crippen molar-refractivity contribution in [2.45, 2.75) is 32.2 Å². The second kappa shape index (κ2) is 11.5. The van der Waals surface area contributed by atoms with Crippen LogP contribution in [0.2, 0.25) is 0 Å². The SMILES string of the molecule is C=CCN(C(=O)CN(CCC)C1CCN(C(=O)c2ccccc2)CC1)c1ccccc1.